The highest BCUT2D eigenvalue weighted by molar-refractivity contribution is 6.01. The summed E-state index contributed by atoms with van der Waals surface area (Å²) in [5.74, 6) is -2.19. The van der Waals surface area contributed by atoms with Crippen molar-refractivity contribution < 1.29 is 19.8 Å². The first-order chi connectivity index (χ1) is 13.5. The third-order valence-electron chi connectivity index (χ3n) is 6.15. The van der Waals surface area contributed by atoms with Crippen molar-refractivity contribution in [3.8, 4) is 0 Å². The zero-order chi connectivity index (χ0) is 23.4. The van der Waals surface area contributed by atoms with Gasteiger partial charge in [0.1, 0.15) is 0 Å². The Morgan fingerprint density at radius 2 is 1.27 bits per heavy atom. The number of carboxylic acid groups (broad SMARTS) is 2. The highest BCUT2D eigenvalue weighted by atomic mass is 16.4. The maximum atomic E-state index is 12.8. The molecule has 1 aromatic rings. The molecule has 0 atom stereocenters. The summed E-state index contributed by atoms with van der Waals surface area (Å²) in [4.78, 5) is 27.5. The molecular formula is C25H35NO4. The number of nitrogens with zero attached hydrogens (tertiary/aromatic N) is 1. The fourth-order valence-corrected chi connectivity index (χ4v) is 5.44. The summed E-state index contributed by atoms with van der Waals surface area (Å²) < 4.78 is 0. The van der Waals surface area contributed by atoms with Crippen LogP contribution in [0.4, 0.5) is 0 Å². The van der Waals surface area contributed by atoms with E-state index in [-0.39, 0.29) is 11.1 Å². The number of hydrogen-bond donors (Lipinski definition) is 2. The minimum atomic E-state index is -1.32. The van der Waals surface area contributed by atoms with Crippen molar-refractivity contribution in [2.75, 3.05) is 0 Å². The van der Waals surface area contributed by atoms with Crippen molar-refractivity contribution in [2.24, 2.45) is 5.41 Å². The average molecular weight is 414 g/mol. The van der Waals surface area contributed by atoms with Crippen LogP contribution in [0.2, 0.25) is 0 Å². The van der Waals surface area contributed by atoms with Gasteiger partial charge in [0.2, 0.25) is 0 Å². The van der Waals surface area contributed by atoms with Gasteiger partial charge in [-0.2, -0.15) is 0 Å². The van der Waals surface area contributed by atoms with Crippen molar-refractivity contribution >= 4 is 11.9 Å². The number of aryl methyl sites for hydroxylation is 2. The Bertz CT molecular complexity index is 930. The highest BCUT2D eigenvalue weighted by Gasteiger charge is 2.59. The molecular weight excluding hydrogens is 378 g/mol. The van der Waals surface area contributed by atoms with E-state index in [4.69, 9.17) is 0 Å². The number of allylic oxidation sites excluding steroid dienone is 2. The molecule has 0 saturated heterocycles. The Morgan fingerprint density at radius 3 is 1.57 bits per heavy atom. The predicted molar refractivity (Wildman–Crippen MR) is 119 cm³/mol. The van der Waals surface area contributed by atoms with Gasteiger partial charge in [-0.1, -0.05) is 44.5 Å². The molecule has 2 rings (SSSR count). The van der Waals surface area contributed by atoms with E-state index in [1.54, 1.807) is 13.8 Å². The van der Waals surface area contributed by atoms with Crippen LogP contribution in [0.5, 0.6) is 0 Å². The van der Waals surface area contributed by atoms with Crippen LogP contribution in [-0.2, 0) is 15.0 Å². The Balaban J connectivity index is 3.25. The molecule has 2 N–H and O–H groups in total. The summed E-state index contributed by atoms with van der Waals surface area (Å²) in [5, 5.41) is 21.0. The van der Waals surface area contributed by atoms with Crippen LogP contribution >= 0.6 is 0 Å². The summed E-state index contributed by atoms with van der Waals surface area (Å²) in [6.45, 7) is 19.1. The quantitative estimate of drug-likeness (QED) is 0.692. The first-order valence-corrected chi connectivity index (χ1v) is 10.3. The van der Waals surface area contributed by atoms with Crippen molar-refractivity contribution in [3.63, 3.8) is 0 Å². The van der Waals surface area contributed by atoms with Crippen LogP contribution < -0.4 is 0 Å². The molecule has 0 amide bonds. The van der Waals surface area contributed by atoms with Crippen LogP contribution in [-0.4, -0.2) is 32.6 Å². The maximum absolute atomic E-state index is 12.8. The molecule has 0 saturated carbocycles. The molecule has 1 aromatic carbocycles. The van der Waals surface area contributed by atoms with Crippen LogP contribution in [0.25, 0.3) is 0 Å². The predicted octanol–water partition coefficient (Wildman–Crippen LogP) is 5.42. The fraction of sp³-hybridized carbons (Fsp3) is 0.520. The summed E-state index contributed by atoms with van der Waals surface area (Å²) in [6.07, 6.45) is 0. The molecule has 0 unspecified atom stereocenters. The molecule has 1 aliphatic rings. The lowest BCUT2D eigenvalue weighted by Crippen LogP contribution is -2.55. The van der Waals surface area contributed by atoms with Crippen molar-refractivity contribution in [1.29, 1.82) is 0 Å². The van der Waals surface area contributed by atoms with E-state index < -0.39 is 28.3 Å². The van der Waals surface area contributed by atoms with Gasteiger partial charge in [-0.15, -0.1) is 0 Å². The lowest BCUT2D eigenvalue weighted by molar-refractivity contribution is -0.135. The molecule has 0 spiro atoms. The maximum Gasteiger partial charge on any atom is 0.334 e. The van der Waals surface area contributed by atoms with Crippen LogP contribution in [0, 0.1) is 19.3 Å². The van der Waals surface area contributed by atoms with E-state index in [1.165, 1.54) is 0 Å². The Labute approximate surface area is 180 Å². The van der Waals surface area contributed by atoms with E-state index in [0.717, 1.165) is 16.7 Å². The van der Waals surface area contributed by atoms with E-state index in [1.807, 2.05) is 78.5 Å². The number of carboxylic acids is 2. The van der Waals surface area contributed by atoms with E-state index in [0.29, 0.717) is 11.4 Å². The van der Waals surface area contributed by atoms with Crippen LogP contribution in [0.1, 0.15) is 72.1 Å². The van der Waals surface area contributed by atoms with E-state index in [2.05, 4.69) is 0 Å². The zero-order valence-corrected chi connectivity index (χ0v) is 19.9. The monoisotopic (exact) mass is 413 g/mol. The Hall–Kier alpha value is -2.56. The van der Waals surface area contributed by atoms with Crippen molar-refractivity contribution in [1.82, 2.24) is 4.90 Å². The average Bonchev–Trinajstić information content (AvgIpc) is 2.50. The highest BCUT2D eigenvalue weighted by Crippen LogP contribution is 2.58. The molecule has 5 heteroatoms. The normalized spacial score (nSPS) is 17.5. The molecule has 0 bridgehead atoms. The number of carbonyl (C=O) groups is 2. The number of hydrogen-bond acceptors (Lipinski definition) is 3. The van der Waals surface area contributed by atoms with Crippen LogP contribution in [0.15, 0.2) is 40.7 Å². The Kier molecular flexibility index (Phi) is 5.77. The van der Waals surface area contributed by atoms with Gasteiger partial charge in [0.15, 0.2) is 0 Å². The summed E-state index contributed by atoms with van der Waals surface area (Å²) in [6, 6.07) is 5.81. The second-order valence-corrected chi connectivity index (χ2v) is 10.4. The summed E-state index contributed by atoms with van der Waals surface area (Å²) in [7, 11) is 0. The first-order valence-electron chi connectivity index (χ1n) is 10.3. The molecule has 0 radical (unpaired) electrons. The Morgan fingerprint density at radius 1 is 0.833 bits per heavy atom. The summed E-state index contributed by atoms with van der Waals surface area (Å²) in [5.41, 5.74) is 1.53. The smallest absolute Gasteiger partial charge is 0.334 e. The SMILES string of the molecule is CC1=C(C(=O)O)C(c2ccc(C)cc2C)(C(C)(C)C)C(C(=O)O)=C(C)N1C(C)(C)C. The summed E-state index contributed by atoms with van der Waals surface area (Å²) >= 11 is 0. The molecule has 1 aliphatic heterocycles. The van der Waals surface area contributed by atoms with Gasteiger partial charge in [-0.05, 0) is 65.0 Å². The zero-order valence-electron chi connectivity index (χ0n) is 19.9. The first kappa shape index (κ1) is 23.7. The third kappa shape index (κ3) is 3.34. The minimum absolute atomic E-state index is 0.125. The number of aliphatic carboxylic acids is 2. The van der Waals surface area contributed by atoms with Gasteiger partial charge in [0.25, 0.3) is 0 Å². The molecule has 0 fully saturated rings. The van der Waals surface area contributed by atoms with Gasteiger partial charge in [-0.25, -0.2) is 9.59 Å². The largest absolute Gasteiger partial charge is 0.478 e. The topological polar surface area (TPSA) is 77.8 Å². The molecule has 0 aliphatic carbocycles. The lowest BCUT2D eigenvalue weighted by atomic mass is 9.52. The van der Waals surface area contributed by atoms with Crippen LogP contribution in [0.3, 0.4) is 0 Å². The van der Waals surface area contributed by atoms with Gasteiger partial charge in [-0.3, -0.25) is 0 Å². The van der Waals surface area contributed by atoms with E-state index in [9.17, 15) is 19.8 Å². The van der Waals surface area contributed by atoms with Gasteiger partial charge >= 0.3 is 11.9 Å². The van der Waals surface area contributed by atoms with Gasteiger partial charge in [0, 0.05) is 16.9 Å². The van der Waals surface area contributed by atoms with E-state index >= 15 is 0 Å². The van der Waals surface area contributed by atoms with Crippen molar-refractivity contribution in [3.05, 3.63) is 57.4 Å². The second-order valence-electron chi connectivity index (χ2n) is 10.4. The minimum Gasteiger partial charge on any atom is -0.478 e. The molecule has 1 heterocycles. The molecule has 164 valence electrons. The van der Waals surface area contributed by atoms with Crippen molar-refractivity contribution in [2.45, 2.75) is 80.2 Å². The number of benzene rings is 1. The van der Waals surface area contributed by atoms with Gasteiger partial charge in [0.05, 0.1) is 16.6 Å². The molecule has 5 nitrogen and oxygen atoms in total. The third-order valence-corrected chi connectivity index (χ3v) is 6.15. The molecule has 30 heavy (non-hydrogen) atoms. The molecule has 0 aromatic heterocycles. The lowest BCUT2D eigenvalue weighted by Gasteiger charge is -2.54. The van der Waals surface area contributed by atoms with Gasteiger partial charge < -0.3 is 15.1 Å². The standard InChI is InChI=1S/C25H35NO4/c1-14-11-12-18(15(2)13-14)25(23(5,6)7)19(21(27)28)16(3)26(24(8,9)10)17(4)20(25)22(29)30/h11-13H,1-10H3,(H,27,28)(H,29,30). The number of rotatable bonds is 3. The fourth-order valence-electron chi connectivity index (χ4n) is 5.44. The second kappa shape index (κ2) is 7.29.